The number of nitrogens with two attached hydrogens (primary N) is 1. The summed E-state index contributed by atoms with van der Waals surface area (Å²) in [7, 11) is 3.63. The third kappa shape index (κ3) is 4.09. The van der Waals surface area contributed by atoms with Crippen LogP contribution in [0.2, 0.25) is 0 Å². The lowest BCUT2D eigenvalue weighted by Gasteiger charge is -2.36. The van der Waals surface area contributed by atoms with Gasteiger partial charge in [0.05, 0.1) is 7.11 Å². The Balaban J connectivity index is 2.02. The molecule has 1 atom stereocenters. The van der Waals surface area contributed by atoms with E-state index in [-0.39, 0.29) is 18.6 Å². The SMILES string of the molecule is COc1cc(C(N)CCC(=O)O)ccc1OC1CN(C)C1. The molecule has 1 aliphatic heterocycles. The average molecular weight is 294 g/mol. The van der Waals surface area contributed by atoms with Gasteiger partial charge in [-0.2, -0.15) is 0 Å². The summed E-state index contributed by atoms with van der Waals surface area (Å²) in [4.78, 5) is 12.8. The molecule has 0 aliphatic carbocycles. The van der Waals surface area contributed by atoms with Crippen molar-refractivity contribution >= 4 is 5.97 Å². The van der Waals surface area contributed by atoms with Crippen LogP contribution in [0, 0.1) is 0 Å². The normalized spacial score (nSPS) is 17.1. The zero-order valence-corrected chi connectivity index (χ0v) is 12.4. The number of nitrogens with zero attached hydrogens (tertiary/aromatic N) is 1. The number of aliphatic carboxylic acids is 1. The van der Waals surface area contributed by atoms with E-state index in [1.807, 2.05) is 25.2 Å². The standard InChI is InChI=1S/C15H22N2O4/c1-17-8-11(9-17)21-13-5-3-10(7-14(13)20-2)12(16)4-6-15(18)19/h3,5,7,11-12H,4,6,8-9,16H2,1-2H3,(H,18,19). The lowest BCUT2D eigenvalue weighted by Crippen LogP contribution is -2.51. The van der Waals surface area contributed by atoms with Crippen LogP contribution in [-0.4, -0.2) is 49.3 Å². The van der Waals surface area contributed by atoms with E-state index in [0.717, 1.165) is 18.7 Å². The maximum Gasteiger partial charge on any atom is 0.303 e. The molecule has 1 aromatic rings. The zero-order chi connectivity index (χ0) is 15.4. The van der Waals surface area contributed by atoms with Crippen molar-refractivity contribution in [3.8, 4) is 11.5 Å². The lowest BCUT2D eigenvalue weighted by molar-refractivity contribution is -0.137. The number of likely N-dealkylation sites (N-methyl/N-ethyl adjacent to an activating group) is 1. The van der Waals surface area contributed by atoms with Crippen molar-refractivity contribution in [2.45, 2.75) is 25.0 Å². The number of likely N-dealkylation sites (tertiary alicyclic amines) is 1. The van der Waals surface area contributed by atoms with Crippen LogP contribution >= 0.6 is 0 Å². The molecule has 2 rings (SSSR count). The number of carbonyl (C=O) groups is 1. The Morgan fingerprint density at radius 2 is 2.19 bits per heavy atom. The van der Waals surface area contributed by atoms with Crippen LogP contribution in [0.4, 0.5) is 0 Å². The van der Waals surface area contributed by atoms with E-state index < -0.39 is 5.97 Å². The fraction of sp³-hybridized carbons (Fsp3) is 0.533. The minimum absolute atomic E-state index is 0.0517. The van der Waals surface area contributed by atoms with Gasteiger partial charge in [0.2, 0.25) is 0 Å². The summed E-state index contributed by atoms with van der Waals surface area (Å²) >= 11 is 0. The van der Waals surface area contributed by atoms with Gasteiger partial charge in [0.25, 0.3) is 0 Å². The van der Waals surface area contributed by atoms with Crippen molar-refractivity contribution in [3.63, 3.8) is 0 Å². The second kappa shape index (κ2) is 6.78. The van der Waals surface area contributed by atoms with Crippen LogP contribution in [0.3, 0.4) is 0 Å². The van der Waals surface area contributed by atoms with E-state index in [9.17, 15) is 4.79 Å². The summed E-state index contributed by atoms with van der Waals surface area (Å²) in [5.74, 6) is 0.490. The van der Waals surface area contributed by atoms with E-state index in [0.29, 0.717) is 17.9 Å². The number of benzene rings is 1. The van der Waals surface area contributed by atoms with Crippen LogP contribution in [0.5, 0.6) is 11.5 Å². The molecule has 6 heteroatoms. The average Bonchev–Trinajstić information content (AvgIpc) is 2.43. The molecule has 6 nitrogen and oxygen atoms in total. The number of ether oxygens (including phenoxy) is 2. The van der Waals surface area contributed by atoms with Crippen molar-refractivity contribution < 1.29 is 19.4 Å². The quantitative estimate of drug-likeness (QED) is 0.787. The van der Waals surface area contributed by atoms with E-state index in [1.54, 1.807) is 7.11 Å². The predicted molar refractivity (Wildman–Crippen MR) is 78.7 cm³/mol. The lowest BCUT2D eigenvalue weighted by atomic mass is 10.0. The summed E-state index contributed by atoms with van der Waals surface area (Å²) in [6.45, 7) is 1.81. The number of hydrogen-bond donors (Lipinski definition) is 2. The van der Waals surface area contributed by atoms with Crippen molar-refractivity contribution in [2.24, 2.45) is 5.73 Å². The molecule has 116 valence electrons. The van der Waals surface area contributed by atoms with E-state index in [4.69, 9.17) is 20.3 Å². The van der Waals surface area contributed by atoms with Gasteiger partial charge >= 0.3 is 5.97 Å². The molecule has 21 heavy (non-hydrogen) atoms. The first-order valence-corrected chi connectivity index (χ1v) is 7.00. The Labute approximate surface area is 124 Å². The summed E-state index contributed by atoms with van der Waals surface area (Å²) in [5, 5.41) is 8.70. The van der Waals surface area contributed by atoms with Gasteiger partial charge in [-0.05, 0) is 31.2 Å². The van der Waals surface area contributed by atoms with Gasteiger partial charge in [-0.15, -0.1) is 0 Å². The first kappa shape index (κ1) is 15.6. The second-order valence-electron chi connectivity index (χ2n) is 5.41. The van der Waals surface area contributed by atoms with E-state index in [1.165, 1.54) is 0 Å². The topological polar surface area (TPSA) is 85.0 Å². The van der Waals surface area contributed by atoms with E-state index in [2.05, 4.69) is 4.90 Å². The Kier molecular flexibility index (Phi) is 5.03. The van der Waals surface area contributed by atoms with Crippen LogP contribution in [-0.2, 0) is 4.79 Å². The van der Waals surface area contributed by atoms with Gasteiger partial charge in [0.15, 0.2) is 11.5 Å². The Bertz CT molecular complexity index is 500. The molecule has 1 heterocycles. The molecule has 0 aromatic heterocycles. The van der Waals surface area contributed by atoms with Crippen LogP contribution < -0.4 is 15.2 Å². The number of methoxy groups -OCH3 is 1. The van der Waals surface area contributed by atoms with Crippen LogP contribution in [0.1, 0.15) is 24.4 Å². The highest BCUT2D eigenvalue weighted by Gasteiger charge is 2.26. The van der Waals surface area contributed by atoms with Gasteiger partial charge in [0, 0.05) is 25.6 Å². The molecule has 0 radical (unpaired) electrons. The number of carboxylic acid groups (broad SMARTS) is 1. The molecule has 1 unspecified atom stereocenters. The smallest absolute Gasteiger partial charge is 0.303 e. The van der Waals surface area contributed by atoms with E-state index >= 15 is 0 Å². The summed E-state index contributed by atoms with van der Waals surface area (Å²) < 4.78 is 11.2. The molecule has 1 aromatic carbocycles. The molecule has 1 fully saturated rings. The Hall–Kier alpha value is -1.79. The molecular weight excluding hydrogens is 272 g/mol. The fourth-order valence-corrected chi connectivity index (χ4v) is 2.35. The van der Waals surface area contributed by atoms with Gasteiger partial charge in [-0.25, -0.2) is 0 Å². The molecule has 0 saturated carbocycles. The summed E-state index contributed by atoms with van der Waals surface area (Å²) in [5.41, 5.74) is 6.86. The van der Waals surface area contributed by atoms with Crippen molar-refractivity contribution in [3.05, 3.63) is 23.8 Å². The Morgan fingerprint density at radius 1 is 1.48 bits per heavy atom. The molecular formula is C15H22N2O4. The molecule has 1 aliphatic rings. The molecule has 0 spiro atoms. The number of carboxylic acids is 1. The van der Waals surface area contributed by atoms with Crippen LogP contribution in [0.15, 0.2) is 18.2 Å². The van der Waals surface area contributed by atoms with Gasteiger partial charge in [-0.3, -0.25) is 9.69 Å². The van der Waals surface area contributed by atoms with Crippen molar-refractivity contribution in [2.75, 3.05) is 27.2 Å². The molecule has 0 bridgehead atoms. The van der Waals surface area contributed by atoms with Gasteiger partial charge < -0.3 is 20.3 Å². The predicted octanol–water partition coefficient (Wildman–Crippen LogP) is 1.25. The molecule has 0 amide bonds. The minimum atomic E-state index is -0.841. The minimum Gasteiger partial charge on any atom is -0.493 e. The van der Waals surface area contributed by atoms with Crippen LogP contribution in [0.25, 0.3) is 0 Å². The summed E-state index contributed by atoms with van der Waals surface area (Å²) in [6, 6.07) is 5.21. The number of hydrogen-bond acceptors (Lipinski definition) is 5. The number of rotatable bonds is 7. The highest BCUT2D eigenvalue weighted by atomic mass is 16.5. The first-order valence-electron chi connectivity index (χ1n) is 7.00. The molecule has 3 N–H and O–H groups in total. The first-order chi connectivity index (χ1) is 9.99. The third-order valence-corrected chi connectivity index (χ3v) is 3.61. The molecule has 1 saturated heterocycles. The second-order valence-corrected chi connectivity index (χ2v) is 5.41. The van der Waals surface area contributed by atoms with Gasteiger partial charge in [0.1, 0.15) is 6.10 Å². The summed E-state index contributed by atoms with van der Waals surface area (Å²) in [6.07, 6.45) is 0.637. The monoisotopic (exact) mass is 294 g/mol. The maximum absolute atomic E-state index is 10.6. The largest absolute Gasteiger partial charge is 0.493 e. The zero-order valence-electron chi connectivity index (χ0n) is 12.4. The van der Waals surface area contributed by atoms with Gasteiger partial charge in [-0.1, -0.05) is 6.07 Å². The Morgan fingerprint density at radius 3 is 2.76 bits per heavy atom. The fourth-order valence-electron chi connectivity index (χ4n) is 2.35. The highest BCUT2D eigenvalue weighted by Crippen LogP contribution is 2.32. The highest BCUT2D eigenvalue weighted by molar-refractivity contribution is 5.66. The maximum atomic E-state index is 10.6. The van der Waals surface area contributed by atoms with Crippen molar-refractivity contribution in [1.82, 2.24) is 4.90 Å². The van der Waals surface area contributed by atoms with Crippen molar-refractivity contribution in [1.29, 1.82) is 0 Å². The third-order valence-electron chi connectivity index (χ3n) is 3.61.